The van der Waals surface area contributed by atoms with Crippen LogP contribution in [-0.4, -0.2) is 38.5 Å². The van der Waals surface area contributed by atoms with E-state index in [0.29, 0.717) is 17.2 Å². The Morgan fingerprint density at radius 1 is 1.47 bits per heavy atom. The highest BCUT2D eigenvalue weighted by atomic mass is 35.5. The number of sulfone groups is 1. The smallest absolute Gasteiger partial charge is 0.258 e. The predicted octanol–water partition coefficient (Wildman–Crippen LogP) is 1.02. The van der Waals surface area contributed by atoms with Gasteiger partial charge in [0.15, 0.2) is 16.4 Å². The van der Waals surface area contributed by atoms with Gasteiger partial charge in [0.1, 0.15) is 5.75 Å². The van der Waals surface area contributed by atoms with E-state index >= 15 is 0 Å². The zero-order valence-corrected chi connectivity index (χ0v) is 11.7. The lowest BCUT2D eigenvalue weighted by atomic mass is 10.2. The van der Waals surface area contributed by atoms with Crippen LogP contribution in [0.1, 0.15) is 6.42 Å². The van der Waals surface area contributed by atoms with Crippen LogP contribution in [0.4, 0.5) is 0 Å². The molecule has 0 saturated carbocycles. The summed E-state index contributed by atoms with van der Waals surface area (Å²) in [5.41, 5.74) is 0. The van der Waals surface area contributed by atoms with Gasteiger partial charge in [-0.25, -0.2) is 8.42 Å². The SMILES string of the molecule is O=C(COc1cccc(Cl)c1)N[C@@H]1CCS(=O)(=O)C1. The van der Waals surface area contributed by atoms with Crippen LogP contribution >= 0.6 is 11.6 Å². The Morgan fingerprint density at radius 3 is 2.89 bits per heavy atom. The molecule has 0 radical (unpaired) electrons. The second kappa shape index (κ2) is 5.79. The Kier molecular flexibility index (Phi) is 4.31. The average molecular weight is 304 g/mol. The van der Waals surface area contributed by atoms with E-state index < -0.39 is 9.84 Å². The number of amides is 1. The average Bonchev–Trinajstić information content (AvgIpc) is 2.66. The van der Waals surface area contributed by atoms with Gasteiger partial charge in [-0.2, -0.15) is 0 Å². The van der Waals surface area contributed by atoms with Crippen LogP contribution in [0.15, 0.2) is 24.3 Å². The van der Waals surface area contributed by atoms with E-state index in [9.17, 15) is 13.2 Å². The molecule has 7 heteroatoms. The quantitative estimate of drug-likeness (QED) is 0.901. The van der Waals surface area contributed by atoms with Crippen LogP contribution in [-0.2, 0) is 14.6 Å². The molecule has 0 aliphatic carbocycles. The van der Waals surface area contributed by atoms with Crippen molar-refractivity contribution in [2.75, 3.05) is 18.1 Å². The summed E-state index contributed by atoms with van der Waals surface area (Å²) in [4.78, 5) is 11.6. The summed E-state index contributed by atoms with van der Waals surface area (Å²) in [6, 6.07) is 6.42. The first-order chi connectivity index (χ1) is 8.94. The zero-order chi connectivity index (χ0) is 13.9. The van der Waals surface area contributed by atoms with Gasteiger partial charge in [-0.3, -0.25) is 4.79 Å². The third kappa shape index (κ3) is 4.40. The molecule has 0 spiro atoms. The lowest BCUT2D eigenvalue weighted by Crippen LogP contribution is -2.38. The van der Waals surface area contributed by atoms with E-state index in [1.165, 1.54) is 0 Å². The molecule has 1 amide bonds. The topological polar surface area (TPSA) is 72.5 Å². The van der Waals surface area contributed by atoms with Crippen LogP contribution < -0.4 is 10.1 Å². The zero-order valence-electron chi connectivity index (χ0n) is 10.1. The molecule has 1 heterocycles. The maximum atomic E-state index is 11.6. The first-order valence-corrected chi connectivity index (χ1v) is 8.03. The summed E-state index contributed by atoms with van der Waals surface area (Å²) in [6.45, 7) is -0.156. The molecule has 5 nitrogen and oxygen atoms in total. The highest BCUT2D eigenvalue weighted by Crippen LogP contribution is 2.17. The number of rotatable bonds is 4. The van der Waals surface area contributed by atoms with Gasteiger partial charge in [0.2, 0.25) is 0 Å². The summed E-state index contributed by atoms with van der Waals surface area (Å²) in [5, 5.41) is 3.17. The van der Waals surface area contributed by atoms with Gasteiger partial charge in [0, 0.05) is 11.1 Å². The fourth-order valence-corrected chi connectivity index (χ4v) is 3.74. The van der Waals surface area contributed by atoms with E-state index in [2.05, 4.69) is 5.32 Å². The fraction of sp³-hybridized carbons (Fsp3) is 0.417. The molecule has 1 aromatic carbocycles. The molecule has 104 valence electrons. The van der Waals surface area contributed by atoms with Crippen molar-refractivity contribution in [1.82, 2.24) is 5.32 Å². The van der Waals surface area contributed by atoms with Crippen LogP contribution in [0.25, 0.3) is 0 Å². The standard InChI is InChI=1S/C12H14ClNO4S/c13-9-2-1-3-11(6-9)18-7-12(15)14-10-4-5-19(16,17)8-10/h1-3,6,10H,4-5,7-8H2,(H,14,15)/t10-/m1/s1. The lowest BCUT2D eigenvalue weighted by Gasteiger charge is -2.11. The lowest BCUT2D eigenvalue weighted by molar-refractivity contribution is -0.123. The molecular weight excluding hydrogens is 290 g/mol. The third-order valence-electron chi connectivity index (χ3n) is 2.76. The largest absolute Gasteiger partial charge is 0.484 e. The van der Waals surface area contributed by atoms with E-state index in [-0.39, 0.29) is 30.1 Å². The van der Waals surface area contributed by atoms with Crippen molar-refractivity contribution < 1.29 is 17.9 Å². The number of ether oxygens (including phenoxy) is 1. The summed E-state index contributed by atoms with van der Waals surface area (Å²) >= 11 is 5.78. The fourth-order valence-electron chi connectivity index (χ4n) is 1.88. The molecular formula is C12H14ClNO4S. The second-order valence-electron chi connectivity index (χ2n) is 4.41. The van der Waals surface area contributed by atoms with Gasteiger partial charge in [-0.1, -0.05) is 17.7 Å². The van der Waals surface area contributed by atoms with Crippen molar-refractivity contribution in [3.05, 3.63) is 29.3 Å². The van der Waals surface area contributed by atoms with Gasteiger partial charge < -0.3 is 10.1 Å². The Morgan fingerprint density at radius 2 is 2.26 bits per heavy atom. The maximum Gasteiger partial charge on any atom is 0.258 e. The van der Waals surface area contributed by atoms with Crippen molar-refractivity contribution >= 4 is 27.3 Å². The van der Waals surface area contributed by atoms with Gasteiger partial charge in [0.25, 0.3) is 5.91 Å². The number of carbonyl (C=O) groups excluding carboxylic acids is 1. The molecule has 0 unspecified atom stereocenters. The van der Waals surface area contributed by atoms with Crippen LogP contribution in [0.5, 0.6) is 5.75 Å². The Labute approximate surface area is 116 Å². The minimum Gasteiger partial charge on any atom is -0.484 e. The molecule has 1 aromatic rings. The molecule has 19 heavy (non-hydrogen) atoms. The van der Waals surface area contributed by atoms with Crippen molar-refractivity contribution in [1.29, 1.82) is 0 Å². The number of hydrogen-bond acceptors (Lipinski definition) is 4. The molecule has 2 rings (SSSR count). The summed E-state index contributed by atoms with van der Waals surface area (Å²) < 4.78 is 27.7. The van der Waals surface area contributed by atoms with Crippen LogP contribution in [0.3, 0.4) is 0 Å². The molecule has 0 bridgehead atoms. The molecule has 1 aliphatic heterocycles. The molecule has 1 atom stereocenters. The number of carbonyl (C=O) groups is 1. The Balaban J connectivity index is 1.79. The molecule has 1 saturated heterocycles. The van der Waals surface area contributed by atoms with E-state index in [0.717, 1.165) is 0 Å². The number of benzene rings is 1. The number of halogens is 1. The summed E-state index contributed by atoms with van der Waals surface area (Å²) in [7, 11) is -2.99. The first-order valence-electron chi connectivity index (χ1n) is 5.83. The van der Waals surface area contributed by atoms with E-state index in [1.54, 1.807) is 24.3 Å². The first kappa shape index (κ1) is 14.1. The highest BCUT2D eigenvalue weighted by molar-refractivity contribution is 7.91. The van der Waals surface area contributed by atoms with E-state index in [4.69, 9.17) is 16.3 Å². The van der Waals surface area contributed by atoms with Crippen molar-refractivity contribution in [2.45, 2.75) is 12.5 Å². The Bertz CT molecular complexity index is 573. The minimum absolute atomic E-state index is 0.00983. The minimum atomic E-state index is -2.99. The molecule has 1 N–H and O–H groups in total. The monoisotopic (exact) mass is 303 g/mol. The van der Waals surface area contributed by atoms with Gasteiger partial charge >= 0.3 is 0 Å². The third-order valence-corrected chi connectivity index (χ3v) is 4.77. The van der Waals surface area contributed by atoms with Crippen LogP contribution in [0.2, 0.25) is 5.02 Å². The number of nitrogens with one attached hydrogen (secondary N) is 1. The van der Waals surface area contributed by atoms with Crippen molar-refractivity contribution in [2.24, 2.45) is 0 Å². The normalized spacial score (nSPS) is 21.0. The van der Waals surface area contributed by atoms with Crippen molar-refractivity contribution in [3.8, 4) is 5.75 Å². The maximum absolute atomic E-state index is 11.6. The van der Waals surface area contributed by atoms with Gasteiger partial charge in [-0.05, 0) is 24.6 Å². The predicted molar refractivity (Wildman–Crippen MR) is 72.1 cm³/mol. The molecule has 0 aromatic heterocycles. The summed E-state index contributed by atoms with van der Waals surface area (Å²) in [5.74, 6) is 0.312. The Hall–Kier alpha value is -1.27. The molecule has 1 aliphatic rings. The summed E-state index contributed by atoms with van der Waals surface area (Å²) in [6.07, 6.45) is 0.464. The second-order valence-corrected chi connectivity index (χ2v) is 7.08. The highest BCUT2D eigenvalue weighted by Gasteiger charge is 2.28. The number of hydrogen-bond donors (Lipinski definition) is 1. The van der Waals surface area contributed by atoms with Gasteiger partial charge in [-0.15, -0.1) is 0 Å². The van der Waals surface area contributed by atoms with E-state index in [1.807, 2.05) is 0 Å². The van der Waals surface area contributed by atoms with Crippen molar-refractivity contribution in [3.63, 3.8) is 0 Å². The molecule has 1 fully saturated rings. The van der Waals surface area contributed by atoms with Gasteiger partial charge in [0.05, 0.1) is 11.5 Å². The van der Waals surface area contributed by atoms with Crippen LogP contribution in [0, 0.1) is 0 Å².